The van der Waals surface area contributed by atoms with Gasteiger partial charge in [-0.25, -0.2) is 9.97 Å². The maximum Gasteiger partial charge on any atom is 0.446 e. The number of aromatic hydroxyl groups is 1. The van der Waals surface area contributed by atoms with E-state index in [4.69, 9.17) is 15.7 Å². The first-order valence-corrected chi connectivity index (χ1v) is 35.5. The van der Waals surface area contributed by atoms with Gasteiger partial charge in [0.1, 0.15) is 40.2 Å². The van der Waals surface area contributed by atoms with Gasteiger partial charge >= 0.3 is 10.4 Å². The van der Waals surface area contributed by atoms with Crippen molar-refractivity contribution in [1.82, 2.24) is 61.4 Å². The van der Waals surface area contributed by atoms with Gasteiger partial charge in [0.2, 0.25) is 47.3 Å². The van der Waals surface area contributed by atoms with Gasteiger partial charge in [-0.3, -0.25) is 43.0 Å². The normalized spacial score (nSPS) is 28.8. The number of benzene rings is 2. The number of hydrogen-bond acceptors (Lipinski definition) is 25. The number of aliphatic hydroxyl groups is 6. The summed E-state index contributed by atoms with van der Waals surface area (Å²) in [6.45, 7) is 6.36. The summed E-state index contributed by atoms with van der Waals surface area (Å²) in [5, 5.41) is 102. The van der Waals surface area contributed by atoms with E-state index in [2.05, 4.69) is 50.8 Å². The fourth-order valence-corrected chi connectivity index (χ4v) is 15.5. The molecule has 15 N–H and O–H groups in total. The van der Waals surface area contributed by atoms with Crippen molar-refractivity contribution in [3.8, 4) is 33.2 Å². The summed E-state index contributed by atoms with van der Waals surface area (Å²) >= 11 is 1.52. The molecule has 2 aromatic heterocycles. The van der Waals surface area contributed by atoms with E-state index in [-0.39, 0.29) is 30.5 Å². The Bertz CT molecular complexity index is 3590. The van der Waals surface area contributed by atoms with Crippen LogP contribution in [0.3, 0.4) is 0 Å². The highest BCUT2D eigenvalue weighted by atomic mass is 32.3. The number of aliphatic hydroxyl groups excluding tert-OH is 6. The summed E-state index contributed by atoms with van der Waals surface area (Å²) in [4.78, 5) is 116. The number of aromatic nitrogens is 4. The second kappa shape index (κ2) is 32.1. The number of rotatable bonds is 18. The van der Waals surface area contributed by atoms with Crippen molar-refractivity contribution < 1.29 is 86.5 Å². The summed E-state index contributed by atoms with van der Waals surface area (Å²) < 4.78 is 36.9. The highest BCUT2D eigenvalue weighted by Crippen LogP contribution is 2.39. The number of nitrogens with one attached hydrogen (secondary N) is 5. The molecule has 2 aliphatic carbocycles. The van der Waals surface area contributed by atoms with Crippen molar-refractivity contribution in [1.29, 1.82) is 0 Å². The summed E-state index contributed by atoms with van der Waals surface area (Å²) in [5.74, 6) is -9.01. The van der Waals surface area contributed by atoms with E-state index in [0.29, 0.717) is 12.8 Å². The first kappa shape index (κ1) is 73.1. The van der Waals surface area contributed by atoms with Crippen molar-refractivity contribution in [3.63, 3.8) is 0 Å². The van der Waals surface area contributed by atoms with Crippen LogP contribution in [0.5, 0.6) is 11.5 Å². The van der Waals surface area contributed by atoms with Crippen LogP contribution in [0.15, 0.2) is 54.9 Å². The third-order valence-corrected chi connectivity index (χ3v) is 21.1. The van der Waals surface area contributed by atoms with Crippen LogP contribution in [0.1, 0.15) is 101 Å². The molecule has 6 aliphatic rings. The fraction of sp³-hybridized carbons (Fsp3) is 0.609. The maximum absolute atomic E-state index is 14.7. The molecule has 4 aromatic rings. The van der Waals surface area contributed by atoms with Crippen molar-refractivity contribution >= 4 is 69.0 Å². The molecule has 534 valence electrons. The quantitative estimate of drug-likeness (QED) is 0.0471. The largest absolute Gasteiger partial charge is 0.504 e. The molecule has 2 saturated carbocycles. The average molecular weight is 1410 g/mol. The maximum atomic E-state index is 14.7. The third-order valence-electron chi connectivity index (χ3n) is 19.6. The molecule has 34 heteroatoms. The monoisotopic (exact) mass is 1400 g/mol. The van der Waals surface area contributed by atoms with E-state index in [1.54, 1.807) is 0 Å². The Morgan fingerprint density at radius 3 is 2.06 bits per heavy atom. The number of hydrogen-bond donors (Lipinski definition) is 14. The van der Waals surface area contributed by atoms with Gasteiger partial charge in [0.15, 0.2) is 11.5 Å². The highest BCUT2D eigenvalue weighted by molar-refractivity contribution is 7.81. The number of β-amino-alcohol motifs (C(OH)–C–C–N with tert-alkyl or cyclic N) is 1. The standard InChI is InChI=1S/C64H88N14O18S2/c1-33-30-78-54(55(33)86)59(90)67-29-42(80)23-44(66-26-35-7-10-39(11-8-35)60-73-74-61(97-60)40-14-12-38(13-15-40)41-27-68-64(69-28-41)76-19-17-75(18-20-76)31-36-5-3-4-6-36)56(87)70-51(34(2)79)62(91)77-32-43(81)24-45(77)57(88)71-52(58(89)72-53(63(78)92)48(84)25-50(65)85)47(83)21-37-9-16-46(82)49(22-37)96-98(93,94)95/h9,12-16,22,27-28,33-36,39,42-45,47-48,51-55,66,79-84,86H,3-8,10-11,17-21,23-26,29-32H2,1-2H3,(H2,65,85)(H,67,90)(H,70,87)(H,71,88)(H,72,89)(H,93,94,95)/t33-,34+,35?,39?,42+,43?,44-,45-,47+,48+,51-,52-,53-,54-,55-/m0/s1. The summed E-state index contributed by atoms with van der Waals surface area (Å²) in [6, 6.07) is -0.196. The van der Waals surface area contributed by atoms with Crippen LogP contribution >= 0.6 is 11.3 Å². The van der Waals surface area contributed by atoms with Gasteiger partial charge in [-0.2, -0.15) is 8.42 Å². The Labute approximate surface area is 570 Å². The number of fused-ring (bicyclic) bond motifs is 2. The number of amides is 7. The number of phenolic OH excluding ortho intramolecular Hbond substituents is 1. The number of anilines is 1. The molecule has 13 atom stereocenters. The van der Waals surface area contributed by atoms with Crippen LogP contribution in [0.4, 0.5) is 5.95 Å². The Hall–Kier alpha value is -7.64. The van der Waals surface area contributed by atoms with Gasteiger partial charge in [0.05, 0.1) is 49.1 Å². The molecular weight excluding hydrogens is 1320 g/mol. The minimum Gasteiger partial charge on any atom is -0.504 e. The van der Waals surface area contributed by atoms with Gasteiger partial charge in [0.25, 0.3) is 0 Å². The molecule has 4 saturated heterocycles. The molecule has 32 nitrogen and oxygen atoms in total. The Balaban J connectivity index is 0.830. The lowest BCUT2D eigenvalue weighted by atomic mass is 9.82. The van der Waals surface area contributed by atoms with E-state index in [1.807, 2.05) is 36.7 Å². The summed E-state index contributed by atoms with van der Waals surface area (Å²) in [6.07, 6.45) is -1.32. The number of nitrogens with zero attached hydrogens (tertiary/aromatic N) is 8. The lowest BCUT2D eigenvalue weighted by Crippen LogP contribution is -2.64. The van der Waals surface area contributed by atoms with E-state index in [0.717, 1.165) is 106 Å². The minimum atomic E-state index is -5.22. The van der Waals surface area contributed by atoms with E-state index >= 15 is 0 Å². The molecule has 6 heterocycles. The molecule has 1 unspecified atom stereocenters. The fourth-order valence-electron chi connectivity index (χ4n) is 14.1. The third kappa shape index (κ3) is 18.2. The lowest BCUT2D eigenvalue weighted by molar-refractivity contribution is -0.147. The molecule has 0 bridgehead atoms. The lowest BCUT2D eigenvalue weighted by Gasteiger charge is -2.35. The Morgan fingerprint density at radius 1 is 0.745 bits per heavy atom. The second-order valence-corrected chi connectivity index (χ2v) is 28.9. The molecule has 2 aromatic carbocycles. The number of primary amides is 1. The van der Waals surface area contributed by atoms with Crippen molar-refractivity contribution in [2.75, 3.05) is 63.8 Å². The predicted molar refractivity (Wildman–Crippen MR) is 351 cm³/mol. The predicted octanol–water partition coefficient (Wildman–Crippen LogP) is -2.18. The second-order valence-electron chi connectivity index (χ2n) is 26.9. The molecule has 0 radical (unpaired) electrons. The SMILES string of the molecule is C[C@@H](O)[C@@H]1NC(=O)[C@@H](NCC2CCC(c3nnc(-c4ccc(-c5cnc(N6CCN(CC7CCCC7)CC6)nc5)cc4)s3)CC2)C[C@@H](O)CNC(=O)[C@@H]2[C@@H](O)[C@@H](C)CN2C(=O)[C@H]([C@H](O)CC(N)=O)NC(=O)[C@H]([C@H](O)Cc2ccc(O)c(OS(=O)(=O)O)c2)NC(=O)[C@@H]2CC(O)CN2C1=O. The summed E-state index contributed by atoms with van der Waals surface area (Å²) in [7, 11) is -5.22. The first-order valence-electron chi connectivity index (χ1n) is 33.3. The van der Waals surface area contributed by atoms with Crippen LogP contribution in [-0.4, -0.2) is 257 Å². The smallest absolute Gasteiger partial charge is 0.446 e. The minimum absolute atomic E-state index is 0.0175. The van der Waals surface area contributed by atoms with Crippen LogP contribution in [0, 0.1) is 17.8 Å². The van der Waals surface area contributed by atoms with Gasteiger partial charge < -0.3 is 86.9 Å². The molecular formula is C64H88N14O18S2. The van der Waals surface area contributed by atoms with Crippen LogP contribution in [0.2, 0.25) is 0 Å². The van der Waals surface area contributed by atoms with Gasteiger partial charge in [-0.05, 0) is 93.5 Å². The number of phenols is 1. The number of carbonyl (C=O) groups is 7. The number of piperazine rings is 1. The van der Waals surface area contributed by atoms with Gasteiger partial charge in [0, 0.05) is 101 Å². The van der Waals surface area contributed by atoms with Crippen LogP contribution < -0.4 is 41.4 Å². The van der Waals surface area contributed by atoms with E-state index < -0.39 is 181 Å². The Morgan fingerprint density at radius 2 is 1.40 bits per heavy atom. The van der Waals surface area contributed by atoms with Crippen LogP contribution in [0.25, 0.3) is 21.7 Å². The zero-order valence-electron chi connectivity index (χ0n) is 54.4. The van der Waals surface area contributed by atoms with Crippen molar-refractivity contribution in [2.45, 2.75) is 170 Å². The zero-order chi connectivity index (χ0) is 70.3. The molecule has 98 heavy (non-hydrogen) atoms. The zero-order valence-corrected chi connectivity index (χ0v) is 56.0. The highest BCUT2D eigenvalue weighted by Gasteiger charge is 2.50. The molecule has 7 amide bonds. The van der Waals surface area contributed by atoms with Crippen molar-refractivity contribution in [3.05, 3.63) is 65.4 Å². The number of carbonyl (C=O) groups excluding carboxylic acids is 7. The molecule has 4 aliphatic heterocycles. The first-order chi connectivity index (χ1) is 46.7. The summed E-state index contributed by atoms with van der Waals surface area (Å²) in [5.41, 5.74) is 8.08. The van der Waals surface area contributed by atoms with Gasteiger partial charge in [-0.15, -0.1) is 10.2 Å². The number of nitrogens with two attached hydrogens (primary N) is 1. The van der Waals surface area contributed by atoms with Gasteiger partial charge in [-0.1, -0.05) is 61.4 Å². The van der Waals surface area contributed by atoms with Crippen LogP contribution in [-0.2, 0) is 50.4 Å². The molecule has 10 rings (SSSR count). The van der Waals surface area contributed by atoms with E-state index in [1.165, 1.54) is 57.4 Å². The van der Waals surface area contributed by atoms with Crippen molar-refractivity contribution in [2.24, 2.45) is 23.5 Å². The topological polar surface area (TPSA) is 475 Å². The van der Waals surface area contributed by atoms with E-state index in [9.17, 15) is 82.3 Å². The average Bonchev–Trinajstić information content (AvgIpc) is 1.63. The molecule has 6 fully saturated rings. The Kier molecular flexibility index (Phi) is 24.0. The molecule has 0 spiro atoms.